The van der Waals surface area contributed by atoms with E-state index in [2.05, 4.69) is 22.6 Å². The molecule has 0 radical (unpaired) electrons. The van der Waals surface area contributed by atoms with Gasteiger partial charge in [0.1, 0.15) is 11.5 Å². The number of nitrogens with zero attached hydrogens (tertiary/aromatic N) is 2. The molecule has 2 heterocycles. The van der Waals surface area contributed by atoms with Gasteiger partial charge in [-0.2, -0.15) is 0 Å². The number of benzene rings is 3. The van der Waals surface area contributed by atoms with E-state index in [1.807, 2.05) is 71.6 Å². The summed E-state index contributed by atoms with van der Waals surface area (Å²) in [6.45, 7) is 2.89. The Morgan fingerprint density at radius 1 is 0.816 bits per heavy atom. The zero-order valence-corrected chi connectivity index (χ0v) is 23.2. The second-order valence-electron chi connectivity index (χ2n) is 9.76. The maximum Gasteiger partial charge on any atom is 0.262 e. The number of ether oxygens (including phenoxy) is 2. The molecule has 2 unspecified atom stereocenters. The predicted octanol–water partition coefficient (Wildman–Crippen LogP) is 4.61. The van der Waals surface area contributed by atoms with Crippen LogP contribution >= 0.6 is 23.2 Å². The minimum Gasteiger partial charge on any atom is -0.497 e. The number of nitrogens with one attached hydrogen (secondary N) is 2. The van der Waals surface area contributed by atoms with E-state index in [-0.39, 0.29) is 18.0 Å². The number of carbonyl (C=O) groups is 1. The fraction of sp³-hybridized carbons (Fsp3) is 0.345. The first kappa shape index (κ1) is 26.8. The Morgan fingerprint density at radius 3 is 1.82 bits per heavy atom. The molecule has 2 fully saturated rings. The highest BCUT2D eigenvalue weighted by atomic mass is 35.5. The summed E-state index contributed by atoms with van der Waals surface area (Å²) in [5.41, 5.74) is 1.44. The molecule has 2 aliphatic rings. The number of methoxy groups -OCH3 is 2. The predicted molar refractivity (Wildman–Crippen MR) is 150 cm³/mol. The molecule has 200 valence electrons. The van der Waals surface area contributed by atoms with E-state index in [1.165, 1.54) is 0 Å². The Bertz CT molecular complexity index is 1220. The van der Waals surface area contributed by atoms with Crippen molar-refractivity contribution >= 4 is 29.1 Å². The third-order valence-corrected chi connectivity index (χ3v) is 7.96. The molecule has 0 aliphatic carbocycles. The number of halogens is 2. The molecular weight excluding hydrogens is 523 g/mol. The van der Waals surface area contributed by atoms with Gasteiger partial charge in [0.25, 0.3) is 5.91 Å². The monoisotopic (exact) mass is 554 g/mol. The smallest absolute Gasteiger partial charge is 0.262 e. The lowest BCUT2D eigenvalue weighted by Gasteiger charge is -2.39. The van der Waals surface area contributed by atoms with Crippen LogP contribution in [0.4, 0.5) is 0 Å². The van der Waals surface area contributed by atoms with Crippen LogP contribution in [0.15, 0.2) is 66.7 Å². The largest absolute Gasteiger partial charge is 0.497 e. The summed E-state index contributed by atoms with van der Waals surface area (Å²) in [6, 6.07) is 20.5. The van der Waals surface area contributed by atoms with Gasteiger partial charge in [0.05, 0.1) is 26.3 Å². The molecule has 3 aromatic rings. The van der Waals surface area contributed by atoms with Gasteiger partial charge in [-0.1, -0.05) is 47.5 Å². The van der Waals surface area contributed by atoms with Gasteiger partial charge in [0, 0.05) is 47.9 Å². The van der Waals surface area contributed by atoms with Crippen LogP contribution in [-0.4, -0.2) is 63.2 Å². The van der Waals surface area contributed by atoms with E-state index >= 15 is 0 Å². The Labute approximate surface area is 233 Å². The van der Waals surface area contributed by atoms with Crippen LogP contribution in [0, 0.1) is 0 Å². The van der Waals surface area contributed by atoms with Crippen molar-refractivity contribution in [2.24, 2.45) is 0 Å². The normalized spacial score (nSPS) is 23.9. The molecule has 2 N–H and O–H groups in total. The number of amides is 1. The molecule has 5 rings (SSSR count). The molecule has 2 saturated heterocycles. The van der Waals surface area contributed by atoms with Crippen LogP contribution in [-0.2, 0) is 10.5 Å². The number of hydrogen-bond donors (Lipinski definition) is 2. The van der Waals surface area contributed by atoms with Crippen LogP contribution in [0.1, 0.15) is 28.8 Å². The van der Waals surface area contributed by atoms with Crippen molar-refractivity contribution < 1.29 is 14.3 Å². The molecule has 1 amide bonds. The van der Waals surface area contributed by atoms with Crippen molar-refractivity contribution in [2.75, 3.05) is 47.4 Å². The van der Waals surface area contributed by atoms with E-state index in [0.717, 1.165) is 24.2 Å². The number of carbonyl (C=O) groups excluding carboxylic acids is 1. The lowest BCUT2D eigenvalue weighted by Crippen LogP contribution is -2.61. The standard InChI is InChI=1S/C29H32Cl2N4O3/c1-34-14-16-35(17-15-34)28(36)29(24-13-12-23(37-2)18-25(24)38-3)32-26(19-4-8-21(30)9-5-19)27(33-29)20-6-10-22(31)11-7-20/h4-13,18,26-27,32-33H,14-17H2,1-3H3. The molecule has 2 aliphatic heterocycles. The SMILES string of the molecule is COc1ccc(C2(C(=O)N3CCN(C)CC3)NC(c3ccc(Cl)cc3)C(c3ccc(Cl)cc3)N2)c(OC)c1. The van der Waals surface area contributed by atoms with Crippen LogP contribution < -0.4 is 20.1 Å². The summed E-state index contributed by atoms with van der Waals surface area (Å²) in [6.07, 6.45) is 0. The van der Waals surface area contributed by atoms with Gasteiger partial charge in [-0.25, -0.2) is 0 Å². The van der Waals surface area contributed by atoms with Crippen LogP contribution in [0.2, 0.25) is 10.0 Å². The summed E-state index contributed by atoms with van der Waals surface area (Å²) in [5, 5.41) is 8.76. The maximum absolute atomic E-state index is 14.6. The van der Waals surface area contributed by atoms with E-state index in [9.17, 15) is 4.79 Å². The average molecular weight is 556 g/mol. The number of rotatable bonds is 6. The fourth-order valence-corrected chi connectivity index (χ4v) is 5.57. The zero-order chi connectivity index (χ0) is 26.9. The van der Waals surface area contributed by atoms with Crippen molar-refractivity contribution in [3.8, 4) is 11.5 Å². The van der Waals surface area contributed by atoms with Gasteiger partial charge in [-0.15, -0.1) is 0 Å². The van der Waals surface area contributed by atoms with E-state index in [1.54, 1.807) is 14.2 Å². The quantitative estimate of drug-likeness (QED) is 0.463. The fourth-order valence-electron chi connectivity index (χ4n) is 5.32. The molecular formula is C29H32Cl2N4O3. The summed E-state index contributed by atoms with van der Waals surface area (Å²) in [7, 11) is 5.29. The number of hydrogen-bond acceptors (Lipinski definition) is 6. The van der Waals surface area contributed by atoms with Gasteiger partial charge in [0.2, 0.25) is 0 Å². The minimum absolute atomic E-state index is 0.0514. The van der Waals surface area contributed by atoms with Crippen molar-refractivity contribution in [2.45, 2.75) is 17.7 Å². The summed E-state index contributed by atoms with van der Waals surface area (Å²) in [4.78, 5) is 18.7. The van der Waals surface area contributed by atoms with Crippen molar-refractivity contribution in [1.29, 1.82) is 0 Å². The Morgan fingerprint density at radius 2 is 1.34 bits per heavy atom. The molecule has 0 bridgehead atoms. The lowest BCUT2D eigenvalue weighted by molar-refractivity contribution is -0.141. The van der Waals surface area contributed by atoms with Gasteiger partial charge in [0.15, 0.2) is 5.66 Å². The second kappa shape index (κ2) is 11.1. The molecule has 0 saturated carbocycles. The third-order valence-electron chi connectivity index (χ3n) is 7.46. The van der Waals surface area contributed by atoms with Crippen molar-refractivity contribution in [1.82, 2.24) is 20.4 Å². The van der Waals surface area contributed by atoms with Crippen molar-refractivity contribution in [3.63, 3.8) is 0 Å². The second-order valence-corrected chi connectivity index (χ2v) is 10.6. The Kier molecular flexibility index (Phi) is 7.84. The summed E-state index contributed by atoms with van der Waals surface area (Å²) < 4.78 is 11.3. The van der Waals surface area contributed by atoms with Gasteiger partial charge in [-0.05, 0) is 54.6 Å². The maximum atomic E-state index is 14.6. The van der Waals surface area contributed by atoms with E-state index < -0.39 is 5.66 Å². The van der Waals surface area contributed by atoms with Gasteiger partial charge < -0.3 is 19.3 Å². The van der Waals surface area contributed by atoms with Gasteiger partial charge >= 0.3 is 0 Å². The van der Waals surface area contributed by atoms with Crippen LogP contribution in [0.25, 0.3) is 0 Å². The highest BCUT2D eigenvalue weighted by molar-refractivity contribution is 6.30. The Balaban J connectivity index is 1.66. The molecule has 3 aromatic carbocycles. The molecule has 7 nitrogen and oxygen atoms in total. The number of likely N-dealkylation sites (N-methyl/N-ethyl adjacent to an activating group) is 1. The molecule has 2 atom stereocenters. The summed E-state index contributed by atoms with van der Waals surface area (Å²) >= 11 is 12.5. The van der Waals surface area contributed by atoms with E-state index in [0.29, 0.717) is 40.2 Å². The molecule has 0 spiro atoms. The van der Waals surface area contributed by atoms with Gasteiger partial charge in [-0.3, -0.25) is 15.4 Å². The van der Waals surface area contributed by atoms with Crippen LogP contribution in [0.5, 0.6) is 11.5 Å². The number of piperazine rings is 1. The van der Waals surface area contributed by atoms with Crippen LogP contribution in [0.3, 0.4) is 0 Å². The zero-order valence-electron chi connectivity index (χ0n) is 21.7. The first-order valence-corrected chi connectivity index (χ1v) is 13.4. The highest BCUT2D eigenvalue weighted by Crippen LogP contribution is 2.45. The topological polar surface area (TPSA) is 66.1 Å². The third kappa shape index (κ3) is 5.09. The van der Waals surface area contributed by atoms with E-state index in [4.69, 9.17) is 32.7 Å². The lowest BCUT2D eigenvalue weighted by atomic mass is 9.95. The molecule has 9 heteroatoms. The van der Waals surface area contributed by atoms with Crippen molar-refractivity contribution in [3.05, 3.63) is 93.5 Å². The first-order chi connectivity index (χ1) is 18.3. The Hall–Kier alpha value is -2.81. The molecule has 38 heavy (non-hydrogen) atoms. The molecule has 0 aromatic heterocycles. The average Bonchev–Trinajstić information content (AvgIpc) is 3.35. The highest BCUT2D eigenvalue weighted by Gasteiger charge is 2.54. The summed E-state index contributed by atoms with van der Waals surface area (Å²) in [5.74, 6) is 1.15. The minimum atomic E-state index is -1.26. The first-order valence-electron chi connectivity index (χ1n) is 12.6.